The Morgan fingerprint density at radius 2 is 1.81 bits per heavy atom. The molecule has 0 saturated carbocycles. The van der Waals surface area contributed by atoms with Crippen LogP contribution in [0.25, 0.3) is 0 Å². The van der Waals surface area contributed by atoms with Crippen molar-refractivity contribution in [2.75, 3.05) is 5.32 Å². The van der Waals surface area contributed by atoms with Gasteiger partial charge in [0.2, 0.25) is 5.91 Å². The van der Waals surface area contributed by atoms with Gasteiger partial charge in [-0.05, 0) is 37.5 Å². The Balaban J connectivity index is 2.19. The topological polar surface area (TPSA) is 29.1 Å². The van der Waals surface area contributed by atoms with Crippen LogP contribution in [0.15, 0.2) is 48.5 Å². The van der Waals surface area contributed by atoms with E-state index >= 15 is 0 Å². The van der Waals surface area contributed by atoms with Gasteiger partial charge in [-0.15, -0.1) is 0 Å². The lowest BCUT2D eigenvalue weighted by molar-refractivity contribution is -0.117. The molecule has 0 aliphatic rings. The van der Waals surface area contributed by atoms with E-state index in [1.54, 1.807) is 0 Å². The molecule has 2 aromatic carbocycles. The maximum absolute atomic E-state index is 12.6. The molecule has 0 bridgehead atoms. The summed E-state index contributed by atoms with van der Waals surface area (Å²) in [5, 5.41) is 3.08. The van der Waals surface area contributed by atoms with E-state index < -0.39 is 0 Å². The van der Waals surface area contributed by atoms with Crippen LogP contribution in [0.1, 0.15) is 42.4 Å². The fraction of sp³-hybridized carbons (Fsp3) is 0.316. The van der Waals surface area contributed by atoms with Gasteiger partial charge in [-0.3, -0.25) is 4.79 Å². The Labute approximate surface area is 127 Å². The summed E-state index contributed by atoms with van der Waals surface area (Å²) in [4.78, 5) is 12.6. The van der Waals surface area contributed by atoms with Crippen molar-refractivity contribution in [3.8, 4) is 0 Å². The highest BCUT2D eigenvalue weighted by atomic mass is 16.1. The highest BCUT2D eigenvalue weighted by molar-refractivity contribution is 5.96. The Bertz CT molecular complexity index is 604. The van der Waals surface area contributed by atoms with Crippen molar-refractivity contribution >= 4 is 11.6 Å². The molecular formula is C19H23NO. The number of benzene rings is 2. The van der Waals surface area contributed by atoms with Crippen LogP contribution in [0.3, 0.4) is 0 Å². The van der Waals surface area contributed by atoms with Crippen LogP contribution in [0.4, 0.5) is 5.69 Å². The van der Waals surface area contributed by atoms with E-state index in [0.29, 0.717) is 0 Å². The molecule has 0 aliphatic carbocycles. The van der Waals surface area contributed by atoms with Gasteiger partial charge in [0.15, 0.2) is 0 Å². The SMILES string of the molecule is CCC[C@@H](C(=O)Nc1ccc(C)cc1C)c1ccccc1. The third kappa shape index (κ3) is 3.94. The van der Waals surface area contributed by atoms with Crippen LogP contribution >= 0.6 is 0 Å². The quantitative estimate of drug-likeness (QED) is 0.836. The van der Waals surface area contributed by atoms with E-state index in [0.717, 1.165) is 29.7 Å². The van der Waals surface area contributed by atoms with E-state index in [2.05, 4.69) is 25.2 Å². The maximum atomic E-state index is 12.6. The zero-order valence-electron chi connectivity index (χ0n) is 13.0. The minimum Gasteiger partial charge on any atom is -0.325 e. The Hall–Kier alpha value is -2.09. The first-order chi connectivity index (χ1) is 10.1. The first-order valence-corrected chi connectivity index (χ1v) is 7.55. The van der Waals surface area contributed by atoms with Crippen LogP contribution < -0.4 is 5.32 Å². The molecule has 2 aromatic rings. The molecule has 110 valence electrons. The summed E-state index contributed by atoms with van der Waals surface area (Å²) in [7, 11) is 0. The van der Waals surface area contributed by atoms with Crippen molar-refractivity contribution in [2.45, 2.75) is 39.5 Å². The van der Waals surface area contributed by atoms with Gasteiger partial charge in [-0.1, -0.05) is 61.4 Å². The fourth-order valence-electron chi connectivity index (χ4n) is 2.60. The van der Waals surface area contributed by atoms with Crippen molar-refractivity contribution in [3.05, 3.63) is 65.2 Å². The largest absolute Gasteiger partial charge is 0.325 e. The average molecular weight is 281 g/mol. The van der Waals surface area contributed by atoms with Crippen LogP contribution in [0.5, 0.6) is 0 Å². The number of hydrogen-bond acceptors (Lipinski definition) is 1. The molecule has 0 unspecified atom stereocenters. The molecule has 1 amide bonds. The number of nitrogens with one attached hydrogen (secondary N) is 1. The Kier molecular flexibility index (Phi) is 5.15. The van der Waals surface area contributed by atoms with Crippen molar-refractivity contribution in [1.82, 2.24) is 0 Å². The van der Waals surface area contributed by atoms with E-state index in [-0.39, 0.29) is 11.8 Å². The zero-order chi connectivity index (χ0) is 15.2. The predicted octanol–water partition coefficient (Wildman–Crippen LogP) is 4.83. The van der Waals surface area contributed by atoms with Gasteiger partial charge in [-0.25, -0.2) is 0 Å². The summed E-state index contributed by atoms with van der Waals surface area (Å²) in [6.07, 6.45) is 1.85. The van der Waals surface area contributed by atoms with Gasteiger partial charge >= 0.3 is 0 Å². The van der Waals surface area contributed by atoms with Crippen LogP contribution in [0, 0.1) is 13.8 Å². The minimum absolute atomic E-state index is 0.0787. The molecule has 0 saturated heterocycles. The smallest absolute Gasteiger partial charge is 0.231 e. The van der Waals surface area contributed by atoms with Crippen molar-refractivity contribution in [2.24, 2.45) is 0 Å². The van der Waals surface area contributed by atoms with Gasteiger partial charge in [0.25, 0.3) is 0 Å². The molecule has 21 heavy (non-hydrogen) atoms. The normalized spacial score (nSPS) is 12.0. The van der Waals surface area contributed by atoms with Crippen LogP contribution in [-0.2, 0) is 4.79 Å². The predicted molar refractivity (Wildman–Crippen MR) is 88.6 cm³/mol. The summed E-state index contributed by atoms with van der Waals surface area (Å²) in [6, 6.07) is 16.1. The summed E-state index contributed by atoms with van der Waals surface area (Å²) < 4.78 is 0. The first kappa shape index (κ1) is 15.3. The van der Waals surface area contributed by atoms with Gasteiger partial charge in [0, 0.05) is 5.69 Å². The molecule has 2 heteroatoms. The number of anilines is 1. The molecule has 0 fully saturated rings. The lowest BCUT2D eigenvalue weighted by Crippen LogP contribution is -2.21. The molecule has 2 nitrogen and oxygen atoms in total. The summed E-state index contributed by atoms with van der Waals surface area (Å²) in [5.41, 5.74) is 4.30. The van der Waals surface area contributed by atoms with Crippen molar-refractivity contribution < 1.29 is 4.79 Å². The monoisotopic (exact) mass is 281 g/mol. The number of amides is 1. The second-order valence-electron chi connectivity index (χ2n) is 5.56. The number of hydrogen-bond donors (Lipinski definition) is 1. The number of rotatable bonds is 5. The van der Waals surface area contributed by atoms with E-state index in [1.165, 1.54) is 5.56 Å². The molecule has 0 aliphatic heterocycles. The van der Waals surface area contributed by atoms with Gasteiger partial charge in [0.05, 0.1) is 5.92 Å². The third-order valence-electron chi connectivity index (χ3n) is 3.74. The van der Waals surface area contributed by atoms with Crippen LogP contribution in [0.2, 0.25) is 0 Å². The zero-order valence-corrected chi connectivity index (χ0v) is 13.0. The maximum Gasteiger partial charge on any atom is 0.231 e. The van der Waals surface area contributed by atoms with E-state index in [1.807, 2.05) is 49.4 Å². The van der Waals surface area contributed by atoms with Crippen molar-refractivity contribution in [3.63, 3.8) is 0 Å². The number of carbonyl (C=O) groups is 1. The Morgan fingerprint density at radius 3 is 2.43 bits per heavy atom. The highest BCUT2D eigenvalue weighted by Crippen LogP contribution is 2.24. The molecule has 1 atom stereocenters. The molecule has 2 rings (SSSR count). The lowest BCUT2D eigenvalue weighted by atomic mass is 9.93. The van der Waals surface area contributed by atoms with E-state index in [4.69, 9.17) is 0 Å². The molecule has 0 aromatic heterocycles. The minimum atomic E-state index is -0.0862. The summed E-state index contributed by atoms with van der Waals surface area (Å²) >= 11 is 0. The van der Waals surface area contributed by atoms with Crippen molar-refractivity contribution in [1.29, 1.82) is 0 Å². The molecule has 1 N–H and O–H groups in total. The molecule has 0 radical (unpaired) electrons. The molecule has 0 heterocycles. The Morgan fingerprint density at radius 1 is 1.10 bits per heavy atom. The molecule has 0 spiro atoms. The number of carbonyl (C=O) groups excluding carboxylic acids is 1. The first-order valence-electron chi connectivity index (χ1n) is 7.55. The van der Waals surface area contributed by atoms with E-state index in [9.17, 15) is 4.79 Å². The van der Waals surface area contributed by atoms with Gasteiger partial charge in [0.1, 0.15) is 0 Å². The second kappa shape index (κ2) is 7.07. The molecular weight excluding hydrogens is 258 g/mol. The summed E-state index contributed by atoms with van der Waals surface area (Å²) in [6.45, 7) is 6.20. The average Bonchev–Trinajstić information content (AvgIpc) is 2.48. The lowest BCUT2D eigenvalue weighted by Gasteiger charge is -2.17. The van der Waals surface area contributed by atoms with Gasteiger partial charge in [-0.2, -0.15) is 0 Å². The fourth-order valence-corrected chi connectivity index (χ4v) is 2.60. The number of aryl methyl sites for hydroxylation is 2. The summed E-state index contributed by atoms with van der Waals surface area (Å²) in [5.74, 6) is -0.00749. The second-order valence-corrected chi connectivity index (χ2v) is 5.56. The third-order valence-corrected chi connectivity index (χ3v) is 3.74. The standard InChI is InChI=1S/C19H23NO/c1-4-8-17(16-9-6-5-7-10-16)19(21)20-18-12-11-14(2)13-15(18)3/h5-7,9-13,17H,4,8H2,1-3H3,(H,20,21)/t17-/m1/s1. The highest BCUT2D eigenvalue weighted by Gasteiger charge is 2.20. The van der Waals surface area contributed by atoms with Crippen LogP contribution in [-0.4, -0.2) is 5.91 Å². The van der Waals surface area contributed by atoms with Gasteiger partial charge < -0.3 is 5.32 Å².